The molecule has 0 unspecified atom stereocenters. The fraction of sp³-hybridized carbons (Fsp3) is 0.606. The molecule has 4 rings (SSSR count). The van der Waals surface area contributed by atoms with Gasteiger partial charge in [0, 0.05) is 55.0 Å². The Morgan fingerprint density at radius 3 is 2.62 bits per heavy atom. The molecule has 230 valence electrons. The van der Waals surface area contributed by atoms with E-state index in [0.717, 1.165) is 56.2 Å². The maximum atomic E-state index is 13.7. The van der Waals surface area contributed by atoms with Crippen molar-refractivity contribution in [2.75, 3.05) is 33.2 Å². The van der Waals surface area contributed by atoms with Crippen LogP contribution >= 0.6 is 11.6 Å². The summed E-state index contributed by atoms with van der Waals surface area (Å²) in [6, 6.07) is 8.21. The quantitative estimate of drug-likeness (QED) is 0.235. The van der Waals surface area contributed by atoms with Crippen LogP contribution in [0.15, 0.2) is 36.7 Å². The lowest BCUT2D eigenvalue weighted by atomic mass is 9.72. The Hall–Kier alpha value is -2.68. The van der Waals surface area contributed by atoms with Crippen LogP contribution in [-0.2, 0) is 10.4 Å². The molecule has 8 nitrogen and oxygen atoms in total. The van der Waals surface area contributed by atoms with Gasteiger partial charge in [0.2, 0.25) is 5.91 Å². The third kappa shape index (κ3) is 7.63. The summed E-state index contributed by atoms with van der Waals surface area (Å²) < 4.78 is 0. The Bertz CT molecular complexity index is 1220. The maximum Gasteiger partial charge on any atom is 0.404 e. The van der Waals surface area contributed by atoms with E-state index in [2.05, 4.69) is 41.6 Å². The predicted molar refractivity (Wildman–Crippen MR) is 167 cm³/mol. The number of carbonyl (C=O) groups excluding carboxylic acids is 1. The molecule has 2 heterocycles. The zero-order chi connectivity index (χ0) is 30.3. The molecular formula is C33H47ClN4O4. The maximum absolute atomic E-state index is 13.7. The van der Waals surface area contributed by atoms with Crippen molar-refractivity contribution in [3.8, 4) is 11.1 Å². The van der Waals surface area contributed by atoms with Crippen LogP contribution in [0.25, 0.3) is 11.1 Å². The zero-order valence-corrected chi connectivity index (χ0v) is 26.0. The van der Waals surface area contributed by atoms with Crippen molar-refractivity contribution in [1.29, 1.82) is 0 Å². The highest BCUT2D eigenvalue weighted by molar-refractivity contribution is 6.33. The largest absolute Gasteiger partial charge is 0.465 e. The van der Waals surface area contributed by atoms with Crippen LogP contribution in [0.1, 0.15) is 82.3 Å². The van der Waals surface area contributed by atoms with Gasteiger partial charge in [-0.15, -0.1) is 0 Å². The van der Waals surface area contributed by atoms with E-state index in [1.165, 1.54) is 5.56 Å². The molecule has 1 saturated heterocycles. The van der Waals surface area contributed by atoms with E-state index < -0.39 is 11.7 Å². The molecule has 0 bridgehead atoms. The second kappa shape index (κ2) is 14.7. The molecule has 1 saturated carbocycles. The molecule has 2 aromatic rings. The second-order valence-corrected chi connectivity index (χ2v) is 12.9. The molecule has 4 N–H and O–H groups in total. The number of benzene rings is 1. The van der Waals surface area contributed by atoms with Gasteiger partial charge in [0.05, 0.1) is 10.6 Å². The second-order valence-electron chi connectivity index (χ2n) is 12.5. The minimum atomic E-state index is -1.36. The van der Waals surface area contributed by atoms with Gasteiger partial charge < -0.3 is 25.7 Å². The van der Waals surface area contributed by atoms with E-state index in [-0.39, 0.29) is 24.3 Å². The van der Waals surface area contributed by atoms with Crippen LogP contribution < -0.4 is 10.6 Å². The first-order valence-corrected chi connectivity index (χ1v) is 15.9. The van der Waals surface area contributed by atoms with Crippen LogP contribution in [0.3, 0.4) is 0 Å². The molecule has 0 spiro atoms. The summed E-state index contributed by atoms with van der Waals surface area (Å²) >= 11 is 6.83. The van der Waals surface area contributed by atoms with Gasteiger partial charge in [0.25, 0.3) is 0 Å². The number of amides is 2. The SMILES string of the molecule is CNC[C@H]1CC[C@H](C(=O)N2CCC[C@@H]([C@@](O)(CCCNC(=O)O)c3cncc(Cl)c3-c3cccc(C(C)C)c3)C2)CC1. The molecule has 1 aliphatic carbocycles. The van der Waals surface area contributed by atoms with Crippen LogP contribution in [0.4, 0.5) is 4.79 Å². The number of rotatable bonds is 11. The minimum Gasteiger partial charge on any atom is -0.465 e. The smallest absolute Gasteiger partial charge is 0.404 e. The van der Waals surface area contributed by atoms with Crippen molar-refractivity contribution in [2.45, 2.75) is 76.7 Å². The van der Waals surface area contributed by atoms with E-state index in [0.29, 0.717) is 48.4 Å². The molecule has 2 amide bonds. The van der Waals surface area contributed by atoms with Crippen molar-refractivity contribution < 1.29 is 19.8 Å². The Morgan fingerprint density at radius 1 is 1.17 bits per heavy atom. The van der Waals surface area contributed by atoms with Crippen molar-refractivity contribution in [3.63, 3.8) is 0 Å². The number of piperidine rings is 1. The van der Waals surface area contributed by atoms with Crippen molar-refractivity contribution in [2.24, 2.45) is 17.8 Å². The molecule has 2 fully saturated rings. The summed E-state index contributed by atoms with van der Waals surface area (Å²) in [5.41, 5.74) is 2.10. The van der Waals surface area contributed by atoms with Gasteiger partial charge in [-0.2, -0.15) is 0 Å². The summed E-state index contributed by atoms with van der Waals surface area (Å²) in [5, 5.41) is 28.0. The number of nitrogens with one attached hydrogen (secondary N) is 2. The topological polar surface area (TPSA) is 115 Å². The van der Waals surface area contributed by atoms with Gasteiger partial charge in [-0.25, -0.2) is 4.79 Å². The van der Waals surface area contributed by atoms with E-state index in [9.17, 15) is 14.7 Å². The number of nitrogens with zero attached hydrogens (tertiary/aromatic N) is 2. The van der Waals surface area contributed by atoms with E-state index in [1.54, 1.807) is 12.4 Å². The number of pyridine rings is 1. The zero-order valence-electron chi connectivity index (χ0n) is 25.2. The summed E-state index contributed by atoms with van der Waals surface area (Å²) in [6.45, 7) is 6.64. The average Bonchev–Trinajstić information content (AvgIpc) is 2.99. The highest BCUT2D eigenvalue weighted by Crippen LogP contribution is 2.46. The van der Waals surface area contributed by atoms with Crippen molar-refractivity contribution in [3.05, 3.63) is 52.8 Å². The fourth-order valence-electron chi connectivity index (χ4n) is 6.95. The van der Waals surface area contributed by atoms with Gasteiger partial charge in [0.1, 0.15) is 0 Å². The predicted octanol–water partition coefficient (Wildman–Crippen LogP) is 6.03. The number of halogens is 1. The molecule has 1 aromatic heterocycles. The molecular weight excluding hydrogens is 552 g/mol. The highest BCUT2D eigenvalue weighted by Gasteiger charge is 2.44. The van der Waals surface area contributed by atoms with Crippen LogP contribution in [0.2, 0.25) is 5.02 Å². The van der Waals surface area contributed by atoms with Gasteiger partial charge in [0.15, 0.2) is 0 Å². The lowest BCUT2D eigenvalue weighted by molar-refractivity contribution is -0.142. The molecule has 1 aromatic carbocycles. The third-order valence-corrected chi connectivity index (χ3v) is 9.60. The van der Waals surface area contributed by atoms with Crippen LogP contribution in [0, 0.1) is 17.8 Å². The number of likely N-dealkylation sites (tertiary alicyclic amines) is 1. The van der Waals surface area contributed by atoms with Gasteiger partial charge in [-0.05, 0) is 87.9 Å². The fourth-order valence-corrected chi connectivity index (χ4v) is 7.22. The highest BCUT2D eigenvalue weighted by atomic mass is 35.5. The first-order chi connectivity index (χ1) is 20.1. The van der Waals surface area contributed by atoms with Crippen LogP contribution in [0.5, 0.6) is 0 Å². The number of hydrogen-bond donors (Lipinski definition) is 4. The van der Waals surface area contributed by atoms with Gasteiger partial charge in [-0.1, -0.05) is 49.7 Å². The lowest BCUT2D eigenvalue weighted by Crippen LogP contribution is -2.50. The number of carbonyl (C=O) groups is 2. The van der Waals surface area contributed by atoms with E-state index >= 15 is 0 Å². The number of carboxylic acid groups (broad SMARTS) is 1. The molecule has 2 atom stereocenters. The Balaban J connectivity index is 1.65. The summed E-state index contributed by atoms with van der Waals surface area (Å²) in [7, 11) is 1.98. The summed E-state index contributed by atoms with van der Waals surface area (Å²) in [4.78, 5) is 31.2. The first kappa shape index (κ1) is 32.2. The number of aliphatic hydroxyl groups is 1. The van der Waals surface area contributed by atoms with E-state index in [1.807, 2.05) is 24.1 Å². The summed E-state index contributed by atoms with van der Waals surface area (Å²) in [5.74, 6) is 0.938. The summed E-state index contributed by atoms with van der Waals surface area (Å²) in [6.07, 6.45) is 8.45. The molecule has 2 aliphatic rings. The van der Waals surface area contributed by atoms with Crippen LogP contribution in [-0.4, -0.2) is 65.3 Å². The van der Waals surface area contributed by atoms with Crippen molar-refractivity contribution in [1.82, 2.24) is 20.5 Å². The molecule has 1 aliphatic heterocycles. The van der Waals surface area contributed by atoms with Gasteiger partial charge in [-0.3, -0.25) is 9.78 Å². The Kier molecular flexibility index (Phi) is 11.3. The molecule has 9 heteroatoms. The normalized spacial score (nSPS) is 22.5. The third-order valence-electron chi connectivity index (χ3n) is 9.32. The van der Waals surface area contributed by atoms with E-state index in [4.69, 9.17) is 16.7 Å². The van der Waals surface area contributed by atoms with Crippen molar-refractivity contribution >= 4 is 23.6 Å². The van der Waals surface area contributed by atoms with Gasteiger partial charge >= 0.3 is 6.09 Å². The standard InChI is InChI=1S/C33H47ClN4O4/c1-22(2)25-7-4-8-26(17-25)30-28(19-36-20-29(30)34)33(42,14-6-15-37-32(40)41)27-9-5-16-38(21-27)31(39)24-12-10-23(11-13-24)18-35-3/h4,7-8,17,19-20,22-24,27,35,37,42H,5-6,9-16,18,21H2,1-3H3,(H,40,41)/t23-,24-,27-,33+/m1/s1. The monoisotopic (exact) mass is 598 g/mol. The Morgan fingerprint density at radius 2 is 1.93 bits per heavy atom. The molecule has 42 heavy (non-hydrogen) atoms. The molecule has 0 radical (unpaired) electrons. The first-order valence-electron chi connectivity index (χ1n) is 15.5. The number of aromatic nitrogens is 1. The lowest BCUT2D eigenvalue weighted by Gasteiger charge is -2.44. The average molecular weight is 599 g/mol. The number of hydrogen-bond acceptors (Lipinski definition) is 5. The minimum absolute atomic E-state index is 0.0342. The Labute approximate surface area is 255 Å².